The molecule has 0 unspecified atom stereocenters. The molecule has 0 N–H and O–H groups in total. The fraction of sp³-hybridized carbons (Fsp3) is 0.111. The zero-order chi connectivity index (χ0) is 10.6. The van der Waals surface area contributed by atoms with Gasteiger partial charge in [0.25, 0.3) is 0 Å². The molecule has 0 aliphatic carbocycles. The van der Waals surface area contributed by atoms with Crippen LogP contribution in [0.25, 0.3) is 6.08 Å². The van der Waals surface area contributed by atoms with E-state index < -0.39 is 6.98 Å². The normalized spacial score (nSPS) is 11.2. The van der Waals surface area contributed by atoms with Gasteiger partial charge in [0.05, 0.1) is 7.11 Å². The summed E-state index contributed by atoms with van der Waals surface area (Å²) in [5.74, 6) is 0.802. The Morgan fingerprint density at radius 2 is 1.93 bits per heavy atom. The summed E-state index contributed by atoms with van der Waals surface area (Å²) in [4.78, 5) is 0. The van der Waals surface area contributed by atoms with Crippen molar-refractivity contribution in [1.82, 2.24) is 0 Å². The van der Waals surface area contributed by atoms with E-state index in [1.54, 1.807) is 24.3 Å². The molecule has 0 saturated carbocycles. The molecule has 0 bridgehead atoms. The van der Waals surface area contributed by atoms with Gasteiger partial charge >= 0.3 is 58.4 Å². The van der Waals surface area contributed by atoms with E-state index >= 15 is 0 Å². The minimum atomic E-state index is -4.87. The van der Waals surface area contributed by atoms with E-state index in [0.29, 0.717) is 11.3 Å². The smallest absolute Gasteiger partial charge is 0.497 e. The zero-order valence-corrected chi connectivity index (χ0v) is 11.7. The number of halogens is 3. The molecule has 0 heterocycles. The summed E-state index contributed by atoms with van der Waals surface area (Å²) in [5, 5.41) is 0. The number of rotatable bonds is 3. The number of methoxy groups -OCH3 is 1. The standard InChI is InChI=1S/C9H9BF3O.K/c1-14-9-4-2-3-8(7-9)5-6-10(11,12)13;/h2-7H,1H3;/q-1;+1/b6-5+;. The molecule has 0 atom stereocenters. The molecule has 0 saturated heterocycles. The van der Waals surface area contributed by atoms with Crippen LogP contribution in [-0.4, -0.2) is 14.1 Å². The first-order chi connectivity index (χ1) is 6.51. The van der Waals surface area contributed by atoms with Crippen molar-refractivity contribution in [2.24, 2.45) is 0 Å². The topological polar surface area (TPSA) is 9.23 Å². The van der Waals surface area contributed by atoms with Gasteiger partial charge in [0, 0.05) is 0 Å². The van der Waals surface area contributed by atoms with Gasteiger partial charge in [-0.2, -0.15) is 0 Å². The van der Waals surface area contributed by atoms with Crippen molar-refractivity contribution in [3.63, 3.8) is 0 Å². The van der Waals surface area contributed by atoms with Crippen molar-refractivity contribution >= 4 is 13.1 Å². The fourth-order valence-corrected chi connectivity index (χ4v) is 0.965. The van der Waals surface area contributed by atoms with Gasteiger partial charge in [-0.05, 0) is 17.7 Å². The van der Waals surface area contributed by atoms with Crippen LogP contribution < -0.4 is 56.1 Å². The number of hydrogen-bond donors (Lipinski definition) is 0. The second kappa shape index (κ2) is 6.75. The van der Waals surface area contributed by atoms with Crippen LogP contribution >= 0.6 is 0 Å². The summed E-state index contributed by atoms with van der Waals surface area (Å²) >= 11 is 0. The van der Waals surface area contributed by atoms with Crippen LogP contribution in [-0.2, 0) is 0 Å². The molecule has 0 aliphatic rings. The third kappa shape index (κ3) is 6.42. The second-order valence-corrected chi connectivity index (χ2v) is 2.76. The Morgan fingerprint density at radius 1 is 1.27 bits per heavy atom. The predicted molar refractivity (Wildman–Crippen MR) is 51.1 cm³/mol. The molecular formula is C9H9BF3KO. The molecule has 1 rings (SSSR count). The van der Waals surface area contributed by atoms with E-state index in [4.69, 9.17) is 4.74 Å². The van der Waals surface area contributed by atoms with Gasteiger partial charge in [-0.25, -0.2) is 0 Å². The van der Waals surface area contributed by atoms with E-state index in [1.165, 1.54) is 7.11 Å². The first kappa shape index (κ1) is 15.3. The molecule has 1 aromatic carbocycles. The van der Waals surface area contributed by atoms with Crippen molar-refractivity contribution < 1.29 is 69.1 Å². The van der Waals surface area contributed by atoms with E-state index in [9.17, 15) is 12.9 Å². The third-order valence-corrected chi connectivity index (χ3v) is 1.60. The van der Waals surface area contributed by atoms with E-state index in [1.807, 2.05) is 0 Å². The predicted octanol–water partition coefficient (Wildman–Crippen LogP) is 0.0990. The maximum absolute atomic E-state index is 11.9. The van der Waals surface area contributed by atoms with E-state index in [2.05, 4.69) is 0 Å². The molecule has 6 heteroatoms. The quantitative estimate of drug-likeness (QED) is 0.681. The molecule has 0 aromatic heterocycles. The Balaban J connectivity index is 0.00000196. The SMILES string of the molecule is COc1cccc(/C=C/[B-](F)(F)F)c1.[K+]. The molecule has 0 fully saturated rings. The molecule has 15 heavy (non-hydrogen) atoms. The summed E-state index contributed by atoms with van der Waals surface area (Å²) < 4.78 is 40.5. The number of ether oxygens (including phenoxy) is 1. The molecule has 0 amide bonds. The Hall–Kier alpha value is 0.251. The maximum atomic E-state index is 11.9. The molecule has 0 spiro atoms. The third-order valence-electron chi connectivity index (χ3n) is 1.60. The van der Waals surface area contributed by atoms with Crippen LogP contribution in [0.2, 0.25) is 0 Å². The van der Waals surface area contributed by atoms with E-state index in [-0.39, 0.29) is 57.4 Å². The van der Waals surface area contributed by atoms with Crippen LogP contribution in [0.3, 0.4) is 0 Å². The molecule has 1 aromatic rings. The van der Waals surface area contributed by atoms with Crippen molar-refractivity contribution in [2.75, 3.05) is 7.11 Å². The average molecular weight is 240 g/mol. The molecular weight excluding hydrogens is 231 g/mol. The van der Waals surface area contributed by atoms with Crippen LogP contribution in [0.15, 0.2) is 30.2 Å². The van der Waals surface area contributed by atoms with Crippen molar-refractivity contribution in [1.29, 1.82) is 0 Å². The van der Waals surface area contributed by atoms with Gasteiger partial charge in [0.2, 0.25) is 0 Å². The van der Waals surface area contributed by atoms with Gasteiger partial charge in [-0.1, -0.05) is 18.2 Å². The van der Waals surface area contributed by atoms with Crippen molar-refractivity contribution in [3.8, 4) is 5.75 Å². The first-order valence-electron chi connectivity index (χ1n) is 4.04. The summed E-state index contributed by atoms with van der Waals surface area (Å²) in [6.45, 7) is -4.87. The van der Waals surface area contributed by atoms with Crippen LogP contribution in [0.4, 0.5) is 12.9 Å². The van der Waals surface area contributed by atoms with Gasteiger partial charge in [-0.3, -0.25) is 0 Å². The van der Waals surface area contributed by atoms with Crippen LogP contribution in [0.5, 0.6) is 5.75 Å². The molecule has 0 radical (unpaired) electrons. The number of benzene rings is 1. The Morgan fingerprint density at radius 3 is 2.47 bits per heavy atom. The van der Waals surface area contributed by atoms with Gasteiger partial charge in [0.15, 0.2) is 0 Å². The first-order valence-corrected chi connectivity index (χ1v) is 4.04. The van der Waals surface area contributed by atoms with Crippen molar-refractivity contribution in [3.05, 3.63) is 35.8 Å². The zero-order valence-electron chi connectivity index (χ0n) is 8.58. The largest absolute Gasteiger partial charge is 1.00 e. The van der Waals surface area contributed by atoms with E-state index in [0.717, 1.165) is 6.08 Å². The summed E-state index contributed by atoms with van der Waals surface area (Å²) in [5.41, 5.74) is 0.476. The van der Waals surface area contributed by atoms with Gasteiger partial charge in [-0.15, -0.1) is 5.98 Å². The Labute approximate surface area is 129 Å². The Kier molecular flexibility index (Phi) is 6.87. The van der Waals surface area contributed by atoms with Gasteiger partial charge in [0.1, 0.15) is 5.75 Å². The summed E-state index contributed by atoms with van der Waals surface area (Å²) in [6.07, 6.45) is 1.03. The summed E-state index contributed by atoms with van der Waals surface area (Å²) in [6, 6.07) is 6.44. The summed E-state index contributed by atoms with van der Waals surface area (Å²) in [7, 11) is 1.47. The number of hydrogen-bond acceptors (Lipinski definition) is 1. The maximum Gasteiger partial charge on any atom is 1.00 e. The second-order valence-electron chi connectivity index (χ2n) is 2.76. The Bertz CT molecular complexity index is 338. The fourth-order valence-electron chi connectivity index (χ4n) is 0.965. The molecule has 76 valence electrons. The average Bonchev–Trinajstić information content (AvgIpc) is 2.14. The van der Waals surface area contributed by atoms with Gasteiger partial charge < -0.3 is 17.7 Å². The molecule has 1 nitrogen and oxygen atoms in total. The monoisotopic (exact) mass is 240 g/mol. The van der Waals surface area contributed by atoms with Crippen molar-refractivity contribution in [2.45, 2.75) is 0 Å². The minimum Gasteiger partial charge on any atom is -0.497 e. The minimum absolute atomic E-state index is 0. The van der Waals surface area contributed by atoms with Crippen LogP contribution in [0.1, 0.15) is 5.56 Å². The molecule has 0 aliphatic heterocycles. The van der Waals surface area contributed by atoms with Crippen LogP contribution in [0, 0.1) is 0 Å².